The molecular weight excluding hydrogens is 412 g/mol. The molecule has 2 fully saturated rings. The van der Waals surface area contributed by atoms with Crippen molar-refractivity contribution in [3.63, 3.8) is 0 Å². The first-order chi connectivity index (χ1) is 15.1. The quantitative estimate of drug-likeness (QED) is 0.552. The zero-order chi connectivity index (χ0) is 21.4. The first kappa shape index (κ1) is 20.1. The van der Waals surface area contributed by atoms with Crippen molar-refractivity contribution < 1.29 is 14.5 Å². The number of hydroxylamine groups is 2. The van der Waals surface area contributed by atoms with Gasteiger partial charge < -0.3 is 0 Å². The average Bonchev–Trinajstić information content (AvgIpc) is 3.38. The first-order valence-electron chi connectivity index (χ1n) is 10.3. The molecule has 0 saturated carbocycles. The maximum Gasteiger partial charge on any atom is 0.161 e. The number of halogens is 1. The minimum absolute atomic E-state index is 0.00539. The van der Waals surface area contributed by atoms with Gasteiger partial charge in [0.05, 0.1) is 17.9 Å². The lowest BCUT2D eigenvalue weighted by atomic mass is 9.83. The van der Waals surface area contributed by atoms with Crippen molar-refractivity contribution in [3.05, 3.63) is 95.5 Å². The minimum atomic E-state index is -0.596. The Morgan fingerprint density at radius 2 is 1.52 bits per heavy atom. The molecule has 2 saturated heterocycles. The number of para-hydroxylation sites is 2. The predicted molar refractivity (Wildman–Crippen MR) is 121 cm³/mol. The van der Waals surface area contributed by atoms with Crippen molar-refractivity contribution in [1.29, 1.82) is 0 Å². The molecule has 6 heteroatoms. The molecule has 0 radical (unpaired) electrons. The standard InChI is InChI=1S/C25H23ClN2O3/c1-18(29)23-16-25(28(30-23)22-10-6-3-7-11-22)17-27(21-8-4-2-5-9-21)31-24(25)19-12-14-20(26)15-13-19/h2-15,23-24H,16-17H2,1H3/t23?,24-,25-/m0/s1. The Morgan fingerprint density at radius 3 is 2.13 bits per heavy atom. The van der Waals surface area contributed by atoms with E-state index in [1.807, 2.05) is 95.1 Å². The summed E-state index contributed by atoms with van der Waals surface area (Å²) >= 11 is 6.15. The van der Waals surface area contributed by atoms with Crippen molar-refractivity contribution in [1.82, 2.24) is 0 Å². The average molecular weight is 435 g/mol. The molecule has 158 valence electrons. The molecule has 1 unspecified atom stereocenters. The van der Waals surface area contributed by atoms with Crippen LogP contribution >= 0.6 is 11.6 Å². The van der Waals surface area contributed by atoms with Gasteiger partial charge in [-0.3, -0.25) is 19.5 Å². The van der Waals surface area contributed by atoms with Gasteiger partial charge in [0.15, 0.2) is 5.78 Å². The summed E-state index contributed by atoms with van der Waals surface area (Å²) in [5.74, 6) is 0.00539. The zero-order valence-electron chi connectivity index (χ0n) is 17.1. The lowest BCUT2D eigenvalue weighted by Gasteiger charge is -2.36. The molecule has 2 aliphatic heterocycles. The van der Waals surface area contributed by atoms with Gasteiger partial charge in [-0.25, -0.2) is 5.06 Å². The number of nitrogens with zero attached hydrogens (tertiary/aromatic N) is 2. The van der Waals surface area contributed by atoms with E-state index in [4.69, 9.17) is 21.3 Å². The first-order valence-corrected chi connectivity index (χ1v) is 10.7. The third kappa shape index (κ3) is 3.59. The van der Waals surface area contributed by atoms with E-state index in [-0.39, 0.29) is 11.9 Å². The van der Waals surface area contributed by atoms with E-state index in [2.05, 4.69) is 0 Å². The Hall–Kier alpha value is -2.86. The molecule has 5 nitrogen and oxygen atoms in total. The predicted octanol–water partition coefficient (Wildman–Crippen LogP) is 5.37. The van der Waals surface area contributed by atoms with Crippen LogP contribution in [0.1, 0.15) is 25.0 Å². The van der Waals surface area contributed by atoms with E-state index in [9.17, 15) is 4.79 Å². The van der Waals surface area contributed by atoms with Gasteiger partial charge in [-0.2, -0.15) is 0 Å². The highest BCUT2D eigenvalue weighted by Gasteiger charge is 2.60. The van der Waals surface area contributed by atoms with E-state index in [1.54, 1.807) is 6.92 Å². The second-order valence-electron chi connectivity index (χ2n) is 8.05. The molecule has 0 aliphatic carbocycles. The molecule has 0 bridgehead atoms. The van der Waals surface area contributed by atoms with Crippen molar-refractivity contribution >= 4 is 28.8 Å². The lowest BCUT2D eigenvalue weighted by Crippen LogP contribution is -2.49. The maximum atomic E-state index is 12.4. The fourth-order valence-corrected chi connectivity index (χ4v) is 4.59. The van der Waals surface area contributed by atoms with Crippen molar-refractivity contribution in [2.45, 2.75) is 31.1 Å². The summed E-state index contributed by atoms with van der Waals surface area (Å²) in [5, 5.41) is 4.46. The summed E-state index contributed by atoms with van der Waals surface area (Å²) in [5.41, 5.74) is 2.24. The number of hydrogen-bond acceptors (Lipinski definition) is 5. The highest BCUT2D eigenvalue weighted by molar-refractivity contribution is 6.30. The molecule has 2 heterocycles. The van der Waals surface area contributed by atoms with Gasteiger partial charge in [0.1, 0.15) is 17.7 Å². The molecule has 0 aromatic heterocycles. The van der Waals surface area contributed by atoms with Crippen LogP contribution in [-0.4, -0.2) is 24.0 Å². The Balaban J connectivity index is 1.63. The van der Waals surface area contributed by atoms with Crippen molar-refractivity contribution in [2.75, 3.05) is 16.7 Å². The van der Waals surface area contributed by atoms with Crippen LogP contribution in [0, 0.1) is 0 Å². The summed E-state index contributed by atoms with van der Waals surface area (Å²) in [6, 6.07) is 27.6. The van der Waals surface area contributed by atoms with Crippen LogP contribution in [0.25, 0.3) is 0 Å². The van der Waals surface area contributed by atoms with Crippen LogP contribution in [0.4, 0.5) is 11.4 Å². The van der Waals surface area contributed by atoms with Crippen LogP contribution in [-0.2, 0) is 14.5 Å². The number of benzene rings is 3. The number of anilines is 2. The lowest BCUT2D eigenvalue weighted by molar-refractivity contribution is -0.126. The van der Waals surface area contributed by atoms with Gasteiger partial charge in [-0.15, -0.1) is 0 Å². The third-order valence-corrected chi connectivity index (χ3v) is 6.23. The summed E-state index contributed by atoms with van der Waals surface area (Å²) < 4.78 is 0. The van der Waals surface area contributed by atoms with Crippen LogP contribution in [0.2, 0.25) is 5.02 Å². The number of carbonyl (C=O) groups is 1. The molecule has 3 aromatic carbocycles. The fraction of sp³-hybridized carbons (Fsp3) is 0.240. The second-order valence-corrected chi connectivity index (χ2v) is 8.49. The molecule has 2 aliphatic rings. The highest BCUT2D eigenvalue weighted by atomic mass is 35.5. The minimum Gasteiger partial charge on any atom is -0.297 e. The number of carbonyl (C=O) groups excluding carboxylic acids is 1. The van der Waals surface area contributed by atoms with E-state index in [0.717, 1.165) is 16.9 Å². The zero-order valence-corrected chi connectivity index (χ0v) is 17.9. The highest BCUT2D eigenvalue weighted by Crippen LogP contribution is 2.51. The Labute approximate surface area is 186 Å². The largest absolute Gasteiger partial charge is 0.297 e. The number of rotatable bonds is 4. The number of ketones is 1. The Bertz CT molecular complexity index is 1060. The van der Waals surface area contributed by atoms with Crippen molar-refractivity contribution in [3.8, 4) is 0 Å². The topological polar surface area (TPSA) is 42.0 Å². The van der Waals surface area contributed by atoms with Gasteiger partial charge >= 0.3 is 0 Å². The SMILES string of the molecule is CC(=O)C1C[C@@]2(CN(c3ccccc3)O[C@H]2c2ccc(Cl)cc2)N(c2ccccc2)O1. The molecular formula is C25H23ClN2O3. The Morgan fingerprint density at radius 1 is 0.903 bits per heavy atom. The normalized spacial score (nSPS) is 25.4. The van der Waals surface area contributed by atoms with Gasteiger partial charge in [0.2, 0.25) is 0 Å². The summed E-state index contributed by atoms with van der Waals surface area (Å²) in [7, 11) is 0. The molecule has 1 spiro atoms. The van der Waals surface area contributed by atoms with Crippen molar-refractivity contribution in [2.24, 2.45) is 0 Å². The molecule has 5 rings (SSSR count). The summed E-state index contributed by atoms with van der Waals surface area (Å²) in [4.78, 5) is 25.2. The monoisotopic (exact) mass is 434 g/mol. The maximum absolute atomic E-state index is 12.4. The number of Topliss-reactive ketones (excluding diaryl/α,β-unsaturated/α-hetero) is 1. The van der Waals surface area contributed by atoms with Gasteiger partial charge in [0.25, 0.3) is 0 Å². The molecule has 0 N–H and O–H groups in total. The van der Waals surface area contributed by atoms with Gasteiger partial charge in [-0.1, -0.05) is 60.1 Å². The van der Waals surface area contributed by atoms with Crippen LogP contribution in [0.5, 0.6) is 0 Å². The van der Waals surface area contributed by atoms with E-state index in [0.29, 0.717) is 18.0 Å². The molecule has 31 heavy (non-hydrogen) atoms. The molecule has 0 amide bonds. The smallest absolute Gasteiger partial charge is 0.161 e. The number of hydrogen-bond donors (Lipinski definition) is 0. The fourth-order valence-electron chi connectivity index (χ4n) is 4.46. The third-order valence-electron chi connectivity index (χ3n) is 5.98. The summed E-state index contributed by atoms with van der Waals surface area (Å²) in [6.07, 6.45) is -0.364. The van der Waals surface area contributed by atoms with Gasteiger partial charge in [-0.05, 0) is 48.9 Å². The van der Waals surface area contributed by atoms with Gasteiger partial charge in [0, 0.05) is 11.4 Å². The van der Waals surface area contributed by atoms with Crippen LogP contribution in [0.3, 0.4) is 0 Å². The van der Waals surface area contributed by atoms with E-state index in [1.165, 1.54) is 0 Å². The summed E-state index contributed by atoms with van der Waals surface area (Å²) in [6.45, 7) is 2.12. The van der Waals surface area contributed by atoms with E-state index >= 15 is 0 Å². The van der Waals surface area contributed by atoms with Crippen LogP contribution < -0.4 is 10.1 Å². The molecule has 3 aromatic rings. The second kappa shape index (κ2) is 8.00. The van der Waals surface area contributed by atoms with E-state index < -0.39 is 11.6 Å². The van der Waals surface area contributed by atoms with Crippen LogP contribution in [0.15, 0.2) is 84.9 Å². The molecule has 3 atom stereocenters. The Kier molecular flexibility index (Phi) is 5.18.